The monoisotopic (exact) mass is 289 g/mol. The normalized spacial score (nSPS) is 10.6. The molecule has 1 N–H and O–H groups in total. The lowest BCUT2D eigenvalue weighted by molar-refractivity contribution is 0.566. The number of rotatable bonds is 2. The van der Waals surface area contributed by atoms with E-state index in [-0.39, 0.29) is 11.7 Å². The molecule has 18 heavy (non-hydrogen) atoms. The van der Waals surface area contributed by atoms with Gasteiger partial charge in [-0.3, -0.25) is 14.3 Å². The average Bonchev–Trinajstić information content (AvgIpc) is 2.29. The number of halogens is 3. The molecule has 0 aliphatic rings. The minimum absolute atomic E-state index is 0.0183. The van der Waals surface area contributed by atoms with Gasteiger partial charge in [0.15, 0.2) is 0 Å². The Morgan fingerprint density at radius 3 is 2.78 bits per heavy atom. The van der Waals surface area contributed by atoms with Crippen LogP contribution in [0.4, 0.5) is 4.39 Å². The number of aromatic nitrogens is 3. The summed E-state index contributed by atoms with van der Waals surface area (Å²) >= 11 is 11.5. The summed E-state index contributed by atoms with van der Waals surface area (Å²) < 4.78 is 14.0. The maximum Gasteiger partial charge on any atom is 0.328 e. The van der Waals surface area contributed by atoms with Crippen molar-refractivity contribution < 1.29 is 4.39 Å². The van der Waals surface area contributed by atoms with Crippen molar-refractivity contribution in [1.82, 2.24) is 14.5 Å². The highest BCUT2D eigenvalue weighted by molar-refractivity contribution is 6.34. The molecule has 2 heterocycles. The predicted molar refractivity (Wildman–Crippen MR) is 64.6 cm³/mol. The highest BCUT2D eigenvalue weighted by Crippen LogP contribution is 2.18. The second kappa shape index (κ2) is 4.91. The number of nitrogens with zero attached hydrogens (tertiary/aromatic N) is 2. The van der Waals surface area contributed by atoms with E-state index in [1.165, 1.54) is 12.3 Å². The smallest absolute Gasteiger partial charge is 0.293 e. The molecule has 0 aliphatic heterocycles. The minimum atomic E-state index is -1.06. The maximum atomic E-state index is 13.1. The third-order valence-corrected chi connectivity index (χ3v) is 2.76. The Labute approximate surface area is 110 Å². The largest absolute Gasteiger partial charge is 0.328 e. The highest BCUT2D eigenvalue weighted by atomic mass is 35.5. The van der Waals surface area contributed by atoms with E-state index in [0.29, 0.717) is 10.6 Å². The Hall–Kier alpha value is -1.66. The standard InChI is InChI=1S/C10H6Cl2FN3O2/c11-6-1-8(12)14-2-5(6)3-16-4-7(13)9(17)15-10(16)18/h1-2,4H,3H2,(H,15,17,18). The van der Waals surface area contributed by atoms with Gasteiger partial charge in [0.2, 0.25) is 5.82 Å². The maximum absolute atomic E-state index is 13.1. The second-order valence-electron chi connectivity index (χ2n) is 3.46. The van der Waals surface area contributed by atoms with E-state index in [1.54, 1.807) is 0 Å². The Kier molecular flexibility index (Phi) is 3.49. The van der Waals surface area contributed by atoms with Crippen molar-refractivity contribution in [2.75, 3.05) is 0 Å². The molecular weight excluding hydrogens is 284 g/mol. The van der Waals surface area contributed by atoms with Crippen molar-refractivity contribution in [3.05, 3.63) is 60.9 Å². The Morgan fingerprint density at radius 2 is 2.11 bits per heavy atom. The summed E-state index contributed by atoms with van der Waals surface area (Å²) in [5, 5.41) is 0.511. The van der Waals surface area contributed by atoms with Crippen molar-refractivity contribution in [3.63, 3.8) is 0 Å². The van der Waals surface area contributed by atoms with Crippen molar-refractivity contribution >= 4 is 23.2 Å². The Morgan fingerprint density at radius 1 is 1.39 bits per heavy atom. The summed E-state index contributed by atoms with van der Waals surface area (Å²) in [7, 11) is 0. The van der Waals surface area contributed by atoms with Crippen LogP contribution in [0.2, 0.25) is 10.2 Å². The zero-order chi connectivity index (χ0) is 13.3. The fourth-order valence-corrected chi connectivity index (χ4v) is 1.76. The molecule has 94 valence electrons. The molecule has 0 saturated heterocycles. The third-order valence-electron chi connectivity index (χ3n) is 2.20. The summed E-state index contributed by atoms with van der Waals surface area (Å²) in [6, 6.07) is 1.41. The van der Waals surface area contributed by atoms with Gasteiger partial charge in [0.05, 0.1) is 17.8 Å². The molecule has 8 heteroatoms. The molecule has 5 nitrogen and oxygen atoms in total. The summed E-state index contributed by atoms with van der Waals surface area (Å²) in [5.74, 6) is -1.05. The predicted octanol–water partition coefficient (Wildman–Crippen LogP) is 1.43. The van der Waals surface area contributed by atoms with Gasteiger partial charge >= 0.3 is 5.69 Å². The number of hydrogen-bond acceptors (Lipinski definition) is 3. The zero-order valence-electron chi connectivity index (χ0n) is 8.78. The molecule has 0 unspecified atom stereocenters. The van der Waals surface area contributed by atoms with Crippen LogP contribution in [0.5, 0.6) is 0 Å². The van der Waals surface area contributed by atoms with E-state index >= 15 is 0 Å². The topological polar surface area (TPSA) is 67.8 Å². The molecule has 0 atom stereocenters. The molecule has 0 aromatic carbocycles. The van der Waals surface area contributed by atoms with Gasteiger partial charge in [0.25, 0.3) is 5.56 Å². The first-order valence-electron chi connectivity index (χ1n) is 4.76. The van der Waals surface area contributed by atoms with Crippen molar-refractivity contribution in [1.29, 1.82) is 0 Å². The van der Waals surface area contributed by atoms with Crippen LogP contribution < -0.4 is 11.2 Å². The molecule has 0 saturated carbocycles. The van der Waals surface area contributed by atoms with Crippen molar-refractivity contribution in [2.24, 2.45) is 0 Å². The molecule has 2 aromatic heterocycles. The number of pyridine rings is 1. The molecule has 2 rings (SSSR count). The summed E-state index contributed by atoms with van der Waals surface area (Å²) in [6.45, 7) is -0.0183. The van der Waals surface area contributed by atoms with Crippen LogP contribution in [0.15, 0.2) is 28.0 Å². The molecule has 0 amide bonds. The van der Waals surface area contributed by atoms with Gasteiger partial charge in [-0.25, -0.2) is 9.78 Å². The molecule has 0 bridgehead atoms. The lowest BCUT2D eigenvalue weighted by Crippen LogP contribution is -2.31. The van der Waals surface area contributed by atoms with Crippen molar-refractivity contribution in [3.8, 4) is 0 Å². The van der Waals surface area contributed by atoms with Crippen LogP contribution in [-0.2, 0) is 6.54 Å². The van der Waals surface area contributed by atoms with Crippen LogP contribution in [0.3, 0.4) is 0 Å². The fourth-order valence-electron chi connectivity index (χ4n) is 1.34. The number of hydrogen-bond donors (Lipinski definition) is 1. The summed E-state index contributed by atoms with van der Waals surface area (Å²) in [5.41, 5.74) is -1.31. The van der Waals surface area contributed by atoms with Gasteiger partial charge in [0, 0.05) is 11.8 Å². The summed E-state index contributed by atoms with van der Waals surface area (Å²) in [4.78, 5) is 27.9. The first-order valence-corrected chi connectivity index (χ1v) is 5.52. The van der Waals surface area contributed by atoms with Gasteiger partial charge in [-0.15, -0.1) is 0 Å². The highest BCUT2D eigenvalue weighted by Gasteiger charge is 2.07. The van der Waals surface area contributed by atoms with E-state index in [4.69, 9.17) is 23.2 Å². The first kappa shape index (κ1) is 12.8. The zero-order valence-corrected chi connectivity index (χ0v) is 10.3. The van der Waals surface area contributed by atoms with Gasteiger partial charge in [0.1, 0.15) is 5.15 Å². The first-order chi connectivity index (χ1) is 8.47. The van der Waals surface area contributed by atoms with Crippen LogP contribution in [0, 0.1) is 5.82 Å². The van der Waals surface area contributed by atoms with E-state index in [1.807, 2.05) is 4.98 Å². The lowest BCUT2D eigenvalue weighted by Gasteiger charge is -2.06. The Balaban J connectivity index is 2.43. The number of nitrogens with one attached hydrogen (secondary N) is 1. The number of aromatic amines is 1. The number of H-pyrrole nitrogens is 1. The molecule has 0 aliphatic carbocycles. The van der Waals surface area contributed by atoms with Gasteiger partial charge in [-0.2, -0.15) is 4.39 Å². The van der Waals surface area contributed by atoms with E-state index in [2.05, 4.69) is 4.98 Å². The average molecular weight is 290 g/mol. The minimum Gasteiger partial charge on any atom is -0.293 e. The van der Waals surface area contributed by atoms with Crippen molar-refractivity contribution in [2.45, 2.75) is 6.54 Å². The van der Waals surface area contributed by atoms with E-state index in [0.717, 1.165) is 10.8 Å². The van der Waals surface area contributed by atoms with Crippen LogP contribution in [-0.4, -0.2) is 14.5 Å². The van der Waals surface area contributed by atoms with Gasteiger partial charge in [-0.05, 0) is 6.07 Å². The lowest BCUT2D eigenvalue weighted by atomic mass is 10.3. The van der Waals surface area contributed by atoms with Crippen LogP contribution in [0.25, 0.3) is 0 Å². The Bertz CT molecular complexity index is 711. The molecular formula is C10H6Cl2FN3O2. The molecule has 0 fully saturated rings. The van der Waals surface area contributed by atoms with E-state index < -0.39 is 17.1 Å². The molecule has 2 aromatic rings. The van der Waals surface area contributed by atoms with Crippen LogP contribution >= 0.6 is 23.2 Å². The van der Waals surface area contributed by atoms with Gasteiger partial charge in [-0.1, -0.05) is 23.2 Å². The third kappa shape index (κ3) is 2.60. The summed E-state index contributed by atoms with van der Waals surface area (Å²) in [6.07, 6.45) is 2.19. The fraction of sp³-hybridized carbons (Fsp3) is 0.100. The van der Waals surface area contributed by atoms with Crippen LogP contribution in [0.1, 0.15) is 5.56 Å². The SMILES string of the molecule is O=c1[nH]c(=O)n(Cc2cnc(Cl)cc2Cl)cc1F. The van der Waals surface area contributed by atoms with Gasteiger partial charge < -0.3 is 0 Å². The quantitative estimate of drug-likeness (QED) is 0.851. The second-order valence-corrected chi connectivity index (χ2v) is 4.26. The van der Waals surface area contributed by atoms with E-state index in [9.17, 15) is 14.0 Å². The molecule has 0 radical (unpaired) electrons. The molecule has 0 spiro atoms.